The van der Waals surface area contributed by atoms with E-state index in [0.717, 1.165) is 36.7 Å². The number of amides is 1. The highest BCUT2D eigenvalue weighted by Gasteiger charge is 2.37. The van der Waals surface area contributed by atoms with Crippen molar-refractivity contribution in [2.24, 2.45) is 5.92 Å². The first kappa shape index (κ1) is 15.1. The lowest BCUT2D eigenvalue weighted by atomic mass is 9.98. The molecule has 4 rings (SSSR count). The minimum absolute atomic E-state index is 0.0889. The lowest BCUT2D eigenvalue weighted by Gasteiger charge is -2.33. The number of hydrogen-bond acceptors (Lipinski definition) is 5. The minimum Gasteiger partial charge on any atom is -0.384 e. The van der Waals surface area contributed by atoms with Gasteiger partial charge >= 0.3 is 0 Å². The second-order valence-corrected chi connectivity index (χ2v) is 6.92. The maximum atomic E-state index is 12.7. The first-order valence-corrected chi connectivity index (χ1v) is 8.58. The van der Waals surface area contributed by atoms with Crippen LogP contribution in [0.25, 0.3) is 0 Å². The van der Waals surface area contributed by atoms with Crippen LogP contribution in [0, 0.1) is 5.92 Å². The van der Waals surface area contributed by atoms with E-state index >= 15 is 0 Å². The highest BCUT2D eigenvalue weighted by atomic mass is 16.5. The van der Waals surface area contributed by atoms with E-state index in [1.54, 1.807) is 7.11 Å². The summed E-state index contributed by atoms with van der Waals surface area (Å²) in [5, 5.41) is 8.70. The van der Waals surface area contributed by atoms with Crippen molar-refractivity contribution in [2.75, 3.05) is 26.9 Å². The zero-order valence-electron chi connectivity index (χ0n) is 13.6. The molecule has 1 aromatic heterocycles. The van der Waals surface area contributed by atoms with E-state index in [0.29, 0.717) is 26.3 Å². The van der Waals surface area contributed by atoms with Crippen LogP contribution < -0.4 is 0 Å². The molecule has 1 saturated carbocycles. The molecule has 0 unspecified atom stereocenters. The summed E-state index contributed by atoms with van der Waals surface area (Å²) in [6.07, 6.45) is 4.08. The molecule has 2 atom stereocenters. The van der Waals surface area contributed by atoms with Gasteiger partial charge in [0.1, 0.15) is 11.8 Å². The maximum Gasteiger partial charge on any atom is 0.252 e. The van der Waals surface area contributed by atoms with Gasteiger partial charge in [-0.05, 0) is 31.6 Å². The number of hydrogen-bond donors (Lipinski definition) is 0. The molecule has 23 heavy (non-hydrogen) atoms. The standard InChI is InChI=1S/C16H24N4O3/c1-22-10-12-8-19(16(21)14-3-2-6-23-14)9-13-15(12)20(18-17-13)7-11-4-5-11/h11-12,14H,2-10H2,1H3/t12-,14-/m1/s1. The van der Waals surface area contributed by atoms with E-state index in [1.807, 2.05) is 9.58 Å². The fourth-order valence-corrected chi connectivity index (χ4v) is 3.67. The third kappa shape index (κ3) is 2.99. The summed E-state index contributed by atoms with van der Waals surface area (Å²) in [7, 11) is 1.70. The van der Waals surface area contributed by atoms with E-state index in [2.05, 4.69) is 10.3 Å². The van der Waals surface area contributed by atoms with E-state index in [1.165, 1.54) is 12.8 Å². The Hall–Kier alpha value is -1.47. The zero-order chi connectivity index (χ0) is 15.8. The maximum absolute atomic E-state index is 12.7. The normalized spacial score (nSPS) is 27.3. The summed E-state index contributed by atoms with van der Waals surface area (Å²) in [6, 6.07) is 0. The van der Waals surface area contributed by atoms with Crippen molar-refractivity contribution >= 4 is 5.91 Å². The molecule has 1 saturated heterocycles. The number of ether oxygens (including phenoxy) is 2. The van der Waals surface area contributed by atoms with Crippen LogP contribution in [0.4, 0.5) is 0 Å². The molecule has 1 aromatic rings. The lowest BCUT2D eigenvalue weighted by molar-refractivity contribution is -0.142. The molecular weight excluding hydrogens is 296 g/mol. The van der Waals surface area contributed by atoms with Gasteiger partial charge in [-0.15, -0.1) is 5.10 Å². The van der Waals surface area contributed by atoms with Crippen molar-refractivity contribution in [1.29, 1.82) is 0 Å². The van der Waals surface area contributed by atoms with Crippen LogP contribution in [0.3, 0.4) is 0 Å². The Kier molecular flexibility index (Phi) is 4.07. The van der Waals surface area contributed by atoms with E-state index in [9.17, 15) is 4.79 Å². The zero-order valence-corrected chi connectivity index (χ0v) is 13.6. The summed E-state index contributed by atoms with van der Waals surface area (Å²) in [4.78, 5) is 14.5. The van der Waals surface area contributed by atoms with Crippen LogP contribution in [-0.2, 0) is 27.4 Å². The molecule has 2 aliphatic heterocycles. The van der Waals surface area contributed by atoms with Crippen LogP contribution in [0.5, 0.6) is 0 Å². The van der Waals surface area contributed by atoms with Gasteiger partial charge in [0.05, 0.1) is 18.8 Å². The van der Waals surface area contributed by atoms with Crippen LogP contribution >= 0.6 is 0 Å². The Labute approximate surface area is 135 Å². The van der Waals surface area contributed by atoms with E-state index in [-0.39, 0.29) is 17.9 Å². The molecule has 1 amide bonds. The quantitative estimate of drug-likeness (QED) is 0.807. The SMILES string of the molecule is COC[C@H]1CN(C(=O)[C@H]2CCCO2)Cc2nnn(CC3CC3)c21. The minimum atomic E-state index is -0.277. The first-order valence-electron chi connectivity index (χ1n) is 8.58. The van der Waals surface area contributed by atoms with Crippen molar-refractivity contribution in [1.82, 2.24) is 19.9 Å². The Morgan fingerprint density at radius 2 is 2.26 bits per heavy atom. The second kappa shape index (κ2) is 6.20. The Morgan fingerprint density at radius 3 is 2.96 bits per heavy atom. The van der Waals surface area contributed by atoms with E-state index in [4.69, 9.17) is 9.47 Å². The molecule has 0 aromatic carbocycles. The molecule has 7 nitrogen and oxygen atoms in total. The number of carbonyl (C=O) groups is 1. The monoisotopic (exact) mass is 320 g/mol. The first-order chi connectivity index (χ1) is 11.3. The van der Waals surface area contributed by atoms with Crippen LogP contribution in [-0.4, -0.2) is 58.8 Å². The second-order valence-electron chi connectivity index (χ2n) is 6.92. The van der Waals surface area contributed by atoms with Gasteiger partial charge in [0.25, 0.3) is 5.91 Å². The largest absolute Gasteiger partial charge is 0.384 e. The van der Waals surface area contributed by atoms with Crippen molar-refractivity contribution < 1.29 is 14.3 Å². The number of aromatic nitrogens is 3. The number of fused-ring (bicyclic) bond motifs is 1. The van der Waals surface area contributed by atoms with Crippen LogP contribution in [0.1, 0.15) is 43.0 Å². The van der Waals surface area contributed by atoms with Gasteiger partial charge in [-0.1, -0.05) is 5.21 Å². The molecule has 0 spiro atoms. The Balaban J connectivity index is 1.55. The predicted octanol–water partition coefficient (Wildman–Crippen LogP) is 0.939. The van der Waals surface area contributed by atoms with Crippen molar-refractivity contribution in [3.63, 3.8) is 0 Å². The topological polar surface area (TPSA) is 69.5 Å². The molecule has 3 aliphatic rings. The fourth-order valence-electron chi connectivity index (χ4n) is 3.67. The Morgan fingerprint density at radius 1 is 1.39 bits per heavy atom. The van der Waals surface area contributed by atoms with Crippen LogP contribution in [0.2, 0.25) is 0 Å². The van der Waals surface area contributed by atoms with Crippen molar-refractivity contribution in [3.8, 4) is 0 Å². The highest BCUT2D eigenvalue weighted by Crippen LogP contribution is 2.34. The van der Waals surface area contributed by atoms with Crippen molar-refractivity contribution in [2.45, 2.75) is 50.8 Å². The van der Waals surface area contributed by atoms with E-state index < -0.39 is 0 Å². The van der Waals surface area contributed by atoms with Gasteiger partial charge in [-0.25, -0.2) is 4.68 Å². The fraction of sp³-hybridized carbons (Fsp3) is 0.812. The van der Waals surface area contributed by atoms with Crippen LogP contribution in [0.15, 0.2) is 0 Å². The summed E-state index contributed by atoms with van der Waals surface area (Å²) >= 11 is 0. The number of nitrogens with zero attached hydrogens (tertiary/aromatic N) is 4. The smallest absolute Gasteiger partial charge is 0.252 e. The summed E-state index contributed by atoms with van der Waals surface area (Å²) < 4.78 is 13.0. The third-order valence-electron chi connectivity index (χ3n) is 5.03. The summed E-state index contributed by atoms with van der Waals surface area (Å²) in [5.41, 5.74) is 2.08. The summed E-state index contributed by atoms with van der Waals surface area (Å²) in [6.45, 7) is 3.42. The van der Waals surface area contributed by atoms with Gasteiger partial charge in [0, 0.05) is 32.7 Å². The highest BCUT2D eigenvalue weighted by molar-refractivity contribution is 5.81. The average molecular weight is 320 g/mol. The summed E-state index contributed by atoms with van der Waals surface area (Å²) in [5.74, 6) is 0.976. The molecule has 7 heteroatoms. The predicted molar refractivity (Wildman–Crippen MR) is 81.8 cm³/mol. The average Bonchev–Trinajstić information content (AvgIpc) is 3.04. The van der Waals surface area contributed by atoms with Gasteiger partial charge in [0.15, 0.2) is 0 Å². The number of methoxy groups -OCH3 is 1. The third-order valence-corrected chi connectivity index (χ3v) is 5.03. The Bertz CT molecular complexity index is 578. The van der Waals surface area contributed by atoms with Gasteiger partial charge in [0.2, 0.25) is 0 Å². The van der Waals surface area contributed by atoms with Crippen molar-refractivity contribution in [3.05, 3.63) is 11.4 Å². The van der Waals surface area contributed by atoms with Gasteiger partial charge in [-0.2, -0.15) is 0 Å². The number of rotatable bonds is 5. The molecule has 126 valence electrons. The van der Waals surface area contributed by atoms with Gasteiger partial charge in [-0.3, -0.25) is 4.79 Å². The lowest BCUT2D eigenvalue weighted by Crippen LogP contribution is -2.44. The van der Waals surface area contributed by atoms with Gasteiger partial charge < -0.3 is 14.4 Å². The molecular formula is C16H24N4O3. The number of carbonyl (C=O) groups excluding carboxylic acids is 1. The molecule has 0 N–H and O–H groups in total. The molecule has 1 aliphatic carbocycles. The molecule has 0 radical (unpaired) electrons. The molecule has 3 heterocycles. The molecule has 0 bridgehead atoms. The molecule has 2 fully saturated rings.